The number of pyridine rings is 1. The highest BCUT2D eigenvalue weighted by molar-refractivity contribution is 5.59. The molecule has 0 atom stereocenters. The van der Waals surface area contributed by atoms with Crippen LogP contribution in [0.3, 0.4) is 0 Å². The largest absolute Gasteiger partial charge is 0.395 e. The van der Waals surface area contributed by atoms with Crippen LogP contribution >= 0.6 is 0 Å². The average Bonchev–Trinajstić information content (AvgIpc) is 3.46. The molecule has 0 radical (unpaired) electrons. The number of rotatable bonds is 9. The predicted octanol–water partition coefficient (Wildman–Crippen LogP) is 4.84. The quantitative estimate of drug-likeness (QED) is 0.304. The maximum atomic E-state index is 9.26. The first-order valence-electron chi connectivity index (χ1n) is 15.2. The average molecular weight is 555 g/mol. The molecule has 3 aromatic heterocycles. The number of piperidine rings is 2. The molecule has 9 heteroatoms. The number of benzene rings is 1. The molecule has 2 fully saturated rings. The molecule has 2 N–H and O–H groups in total. The van der Waals surface area contributed by atoms with Crippen molar-refractivity contribution in [2.45, 2.75) is 52.0 Å². The van der Waals surface area contributed by atoms with E-state index in [1.165, 1.54) is 31.2 Å². The van der Waals surface area contributed by atoms with Crippen LogP contribution in [0.15, 0.2) is 54.9 Å². The Hall–Kier alpha value is -3.56. The third kappa shape index (κ3) is 6.21. The van der Waals surface area contributed by atoms with E-state index in [9.17, 15) is 5.11 Å². The fourth-order valence-corrected chi connectivity index (χ4v) is 6.41. The van der Waals surface area contributed by atoms with Crippen LogP contribution in [-0.2, 0) is 6.54 Å². The standard InChI is InChI=1S/C32H42N8O/c1-23(2)28-22-35-40-30(28)36-32(39-17-12-26(13-18-39)25-10-15-38(16-11-25)19-20-41)37-31(40)34-21-24-6-8-27(9-7-24)29-5-3-4-14-33-29/h3-9,14,22-23,25-26,41H,10-13,15-21H2,1-2H3,(H,34,36,37). The van der Waals surface area contributed by atoms with Gasteiger partial charge in [0.15, 0.2) is 5.65 Å². The molecule has 2 aliphatic heterocycles. The van der Waals surface area contributed by atoms with Crippen LogP contribution in [0.25, 0.3) is 16.9 Å². The summed E-state index contributed by atoms with van der Waals surface area (Å²) >= 11 is 0. The number of nitrogens with zero attached hydrogens (tertiary/aromatic N) is 7. The predicted molar refractivity (Wildman–Crippen MR) is 163 cm³/mol. The highest BCUT2D eigenvalue weighted by atomic mass is 16.3. The van der Waals surface area contributed by atoms with Gasteiger partial charge in [-0.2, -0.15) is 19.6 Å². The molecule has 0 bridgehead atoms. The summed E-state index contributed by atoms with van der Waals surface area (Å²) in [6.45, 7) is 10.3. The molecule has 5 heterocycles. The lowest BCUT2D eigenvalue weighted by atomic mass is 9.79. The summed E-state index contributed by atoms with van der Waals surface area (Å²) in [7, 11) is 0. The highest BCUT2D eigenvalue weighted by Crippen LogP contribution is 2.34. The molecule has 9 nitrogen and oxygen atoms in total. The topological polar surface area (TPSA) is 94.7 Å². The van der Waals surface area contributed by atoms with E-state index >= 15 is 0 Å². The maximum Gasteiger partial charge on any atom is 0.230 e. The van der Waals surface area contributed by atoms with Gasteiger partial charge in [-0.25, -0.2) is 0 Å². The number of nitrogens with one attached hydrogen (secondary N) is 1. The summed E-state index contributed by atoms with van der Waals surface area (Å²) in [4.78, 5) is 19.3. The van der Waals surface area contributed by atoms with Gasteiger partial charge in [0, 0.05) is 43.5 Å². The van der Waals surface area contributed by atoms with E-state index in [4.69, 9.17) is 9.97 Å². The monoisotopic (exact) mass is 554 g/mol. The van der Waals surface area contributed by atoms with Crippen molar-refractivity contribution in [3.05, 3.63) is 66.0 Å². The van der Waals surface area contributed by atoms with E-state index < -0.39 is 0 Å². The molecule has 4 aromatic rings. The van der Waals surface area contributed by atoms with E-state index in [0.29, 0.717) is 12.5 Å². The minimum atomic E-state index is 0.262. The lowest BCUT2D eigenvalue weighted by Crippen LogP contribution is -2.42. The van der Waals surface area contributed by atoms with Gasteiger partial charge in [-0.05, 0) is 74.2 Å². The Kier molecular flexibility index (Phi) is 8.43. The fourth-order valence-electron chi connectivity index (χ4n) is 6.41. The fraction of sp³-hybridized carbons (Fsp3) is 0.500. The number of β-amino-alcohol motifs (C(OH)–C–C–N with tert-alkyl or cyclic N) is 1. The van der Waals surface area contributed by atoms with E-state index in [1.807, 2.05) is 35.1 Å². The third-order valence-corrected chi connectivity index (χ3v) is 8.91. The number of likely N-dealkylation sites (tertiary alicyclic amines) is 1. The molecule has 2 saturated heterocycles. The van der Waals surface area contributed by atoms with Crippen LogP contribution in [0.5, 0.6) is 0 Å². The summed E-state index contributed by atoms with van der Waals surface area (Å²) < 4.78 is 1.86. The molecule has 0 spiro atoms. The summed E-state index contributed by atoms with van der Waals surface area (Å²) in [5, 5.41) is 17.5. The lowest BCUT2D eigenvalue weighted by Gasteiger charge is -2.40. The van der Waals surface area contributed by atoms with Gasteiger partial charge in [-0.3, -0.25) is 4.98 Å². The van der Waals surface area contributed by atoms with Crippen molar-refractivity contribution in [2.24, 2.45) is 11.8 Å². The number of aliphatic hydroxyl groups excluding tert-OH is 1. The van der Waals surface area contributed by atoms with Gasteiger partial charge in [0.25, 0.3) is 0 Å². The van der Waals surface area contributed by atoms with Gasteiger partial charge in [-0.15, -0.1) is 0 Å². The lowest BCUT2D eigenvalue weighted by molar-refractivity contribution is 0.115. The van der Waals surface area contributed by atoms with E-state index in [1.54, 1.807) is 0 Å². The van der Waals surface area contributed by atoms with Crippen molar-refractivity contribution in [3.63, 3.8) is 0 Å². The van der Waals surface area contributed by atoms with Gasteiger partial charge in [0.1, 0.15) is 0 Å². The minimum absolute atomic E-state index is 0.262. The molecule has 0 aliphatic carbocycles. The first kappa shape index (κ1) is 27.6. The van der Waals surface area contributed by atoms with Crippen molar-refractivity contribution in [1.29, 1.82) is 0 Å². The smallest absolute Gasteiger partial charge is 0.230 e. The Labute approximate surface area is 242 Å². The molecular formula is C32H42N8O. The molecule has 41 heavy (non-hydrogen) atoms. The van der Waals surface area contributed by atoms with E-state index in [-0.39, 0.29) is 6.61 Å². The number of hydrogen-bond donors (Lipinski definition) is 2. The van der Waals surface area contributed by atoms with Gasteiger partial charge in [0.2, 0.25) is 11.9 Å². The maximum absolute atomic E-state index is 9.26. The third-order valence-electron chi connectivity index (χ3n) is 8.91. The van der Waals surface area contributed by atoms with E-state index in [2.05, 4.69) is 63.3 Å². The molecule has 2 aliphatic rings. The Morgan fingerprint density at radius 1 is 0.927 bits per heavy atom. The van der Waals surface area contributed by atoms with Gasteiger partial charge < -0.3 is 20.2 Å². The molecule has 0 saturated carbocycles. The summed E-state index contributed by atoms with van der Waals surface area (Å²) in [6, 6.07) is 14.5. The second-order valence-electron chi connectivity index (χ2n) is 11.8. The molecular weight excluding hydrogens is 512 g/mol. The second-order valence-corrected chi connectivity index (χ2v) is 11.8. The van der Waals surface area contributed by atoms with Crippen molar-refractivity contribution in [3.8, 4) is 11.3 Å². The van der Waals surface area contributed by atoms with Crippen LogP contribution in [0, 0.1) is 11.8 Å². The Morgan fingerprint density at radius 3 is 2.32 bits per heavy atom. The SMILES string of the molecule is CC(C)c1cnn2c(NCc3ccc(-c4ccccn4)cc3)nc(N3CCC(C4CCN(CCO)CC4)CC3)nc12. The Morgan fingerprint density at radius 2 is 1.66 bits per heavy atom. The van der Waals surface area contributed by atoms with Crippen molar-refractivity contribution in [1.82, 2.24) is 29.5 Å². The number of aromatic nitrogens is 5. The zero-order chi connectivity index (χ0) is 28.2. The van der Waals surface area contributed by atoms with Gasteiger partial charge in [0.05, 0.1) is 18.5 Å². The number of hydrogen-bond acceptors (Lipinski definition) is 8. The first-order chi connectivity index (χ1) is 20.1. The van der Waals surface area contributed by atoms with Crippen LogP contribution in [-0.4, -0.2) is 73.9 Å². The summed E-state index contributed by atoms with van der Waals surface area (Å²) in [5.41, 5.74) is 5.27. The first-order valence-corrected chi connectivity index (χ1v) is 15.2. The zero-order valence-corrected chi connectivity index (χ0v) is 24.3. The van der Waals surface area contributed by atoms with Crippen molar-refractivity contribution >= 4 is 17.5 Å². The van der Waals surface area contributed by atoms with Crippen molar-refractivity contribution in [2.75, 3.05) is 49.5 Å². The van der Waals surface area contributed by atoms with Crippen LogP contribution < -0.4 is 10.2 Å². The summed E-state index contributed by atoms with van der Waals surface area (Å²) in [5.74, 6) is 3.40. The summed E-state index contributed by atoms with van der Waals surface area (Å²) in [6.07, 6.45) is 8.61. The van der Waals surface area contributed by atoms with Gasteiger partial charge >= 0.3 is 0 Å². The highest BCUT2D eigenvalue weighted by Gasteiger charge is 2.30. The number of aliphatic hydroxyl groups is 1. The molecule has 0 unspecified atom stereocenters. The second kappa shape index (κ2) is 12.5. The number of anilines is 2. The zero-order valence-electron chi connectivity index (χ0n) is 24.3. The van der Waals surface area contributed by atoms with Crippen molar-refractivity contribution < 1.29 is 5.11 Å². The van der Waals surface area contributed by atoms with Crippen LogP contribution in [0.1, 0.15) is 56.6 Å². The molecule has 216 valence electrons. The van der Waals surface area contributed by atoms with Gasteiger partial charge in [-0.1, -0.05) is 44.2 Å². The normalized spacial score (nSPS) is 17.5. The molecule has 1 aromatic carbocycles. The Balaban J connectivity index is 1.16. The molecule has 0 amide bonds. The van der Waals surface area contributed by atoms with Crippen LogP contribution in [0.4, 0.5) is 11.9 Å². The molecule has 6 rings (SSSR count). The number of fused-ring (bicyclic) bond motifs is 1. The van der Waals surface area contributed by atoms with E-state index in [0.717, 1.165) is 78.9 Å². The Bertz CT molecular complexity index is 1410. The minimum Gasteiger partial charge on any atom is -0.395 e. The van der Waals surface area contributed by atoms with Crippen LogP contribution in [0.2, 0.25) is 0 Å².